The Morgan fingerprint density at radius 1 is 0.519 bits per heavy atom. The second-order valence-corrected chi connectivity index (χ2v) is 15.7. The van der Waals surface area contributed by atoms with Gasteiger partial charge in [-0.3, -0.25) is 0 Å². The van der Waals surface area contributed by atoms with Gasteiger partial charge in [-0.15, -0.1) is 0 Å². The zero-order valence-electron chi connectivity index (χ0n) is 32.0. The topological polar surface area (TPSA) is 75.8 Å². The predicted octanol–water partition coefficient (Wildman–Crippen LogP) is 2.95. The van der Waals surface area contributed by atoms with E-state index in [0.717, 1.165) is 113 Å². The molecule has 3 aromatic heterocycles. The SMILES string of the molecule is C[N+](C)(C)CCCOc1cccc(-c2c3nc(cc4ccc([nH]4)c(-c4cccc(OCCC[N+](C)(C)C)c4)c4nc(cc5ccc2[nH]5)C=C4)C=C3)c1.[Cl-].[Cl-]. The molecule has 0 atom stereocenters. The summed E-state index contributed by atoms with van der Waals surface area (Å²) in [4.78, 5) is 17.6. The van der Waals surface area contributed by atoms with Crippen LogP contribution in [0.25, 0.3) is 68.6 Å². The van der Waals surface area contributed by atoms with E-state index in [1.54, 1.807) is 0 Å². The molecule has 0 saturated carbocycles. The molecule has 0 unspecified atom stereocenters. The van der Waals surface area contributed by atoms with Crippen LogP contribution in [-0.4, -0.2) is 97.5 Å². The minimum atomic E-state index is 0. The summed E-state index contributed by atoms with van der Waals surface area (Å²) in [6, 6.07) is 29.3. The number of H-pyrrole nitrogens is 2. The first-order valence-electron chi connectivity index (χ1n) is 18.1. The Kier molecular flexibility index (Phi) is 12.8. The minimum absolute atomic E-state index is 0. The lowest BCUT2D eigenvalue weighted by atomic mass is 10.0. The van der Waals surface area contributed by atoms with Gasteiger partial charge in [0, 0.05) is 46.0 Å². The predicted molar refractivity (Wildman–Crippen MR) is 216 cm³/mol. The quantitative estimate of drug-likeness (QED) is 0.148. The number of benzene rings is 2. The lowest BCUT2D eigenvalue weighted by Gasteiger charge is -2.23. The van der Waals surface area contributed by atoms with E-state index in [-0.39, 0.29) is 24.8 Å². The van der Waals surface area contributed by atoms with Crippen LogP contribution >= 0.6 is 0 Å². The number of ether oxygens (including phenoxy) is 2. The number of hydrogen-bond donors (Lipinski definition) is 2. The summed E-state index contributed by atoms with van der Waals surface area (Å²) in [5.41, 5.74) is 11.5. The first-order chi connectivity index (χ1) is 25.0. The van der Waals surface area contributed by atoms with Crippen LogP contribution in [0.3, 0.4) is 0 Å². The maximum absolute atomic E-state index is 6.22. The van der Waals surface area contributed by atoms with Gasteiger partial charge < -0.3 is 53.2 Å². The third kappa shape index (κ3) is 10.2. The van der Waals surface area contributed by atoms with Crippen LogP contribution in [0.15, 0.2) is 84.9 Å². The van der Waals surface area contributed by atoms with E-state index in [9.17, 15) is 0 Å². The molecule has 2 aromatic carbocycles. The van der Waals surface area contributed by atoms with Crippen LogP contribution in [0.2, 0.25) is 0 Å². The standard InChI is InChI=1S/C44H50N6O2.2ClH/c1-49(2,3)23-9-25-51-37-13-7-11-31(27-37)43-39-19-15-33(45-39)29-35-17-21-41(47-35)44(42-22-18-36(48-42)30-34-16-20-40(43)46-34)32-12-8-14-38(28-32)52-26-10-24-50(4,5)6;;/h7-8,11-22,27-30,45,48H,9-10,23-26H2,1-6H3;2*1H/q+2;;/p-2. The molecule has 5 aromatic rings. The maximum Gasteiger partial charge on any atom is 0.119 e. The maximum atomic E-state index is 6.22. The summed E-state index contributed by atoms with van der Waals surface area (Å²) < 4.78 is 14.3. The Morgan fingerprint density at radius 3 is 1.35 bits per heavy atom. The highest BCUT2D eigenvalue weighted by Gasteiger charge is 2.15. The fourth-order valence-electron chi connectivity index (χ4n) is 6.62. The number of aromatic nitrogens is 4. The van der Waals surface area contributed by atoms with Gasteiger partial charge in [-0.1, -0.05) is 24.3 Å². The number of quaternary nitrogens is 2. The van der Waals surface area contributed by atoms with Crippen molar-refractivity contribution in [3.8, 4) is 33.8 Å². The first kappa shape index (κ1) is 40.3. The van der Waals surface area contributed by atoms with Crippen molar-refractivity contribution >= 4 is 46.4 Å². The Morgan fingerprint density at radius 2 is 0.944 bits per heavy atom. The monoisotopic (exact) mass is 764 g/mol. The summed E-state index contributed by atoms with van der Waals surface area (Å²) in [5.74, 6) is 1.71. The normalized spacial score (nSPS) is 12.3. The van der Waals surface area contributed by atoms with Crippen molar-refractivity contribution in [2.45, 2.75) is 12.8 Å². The average Bonchev–Trinajstić information content (AvgIpc) is 3.92. The molecule has 0 radical (unpaired) electrons. The molecule has 2 aliphatic heterocycles. The van der Waals surface area contributed by atoms with Crippen LogP contribution in [0, 0.1) is 0 Å². The number of rotatable bonds is 12. The van der Waals surface area contributed by atoms with Gasteiger partial charge in [-0.05, 0) is 96.1 Å². The third-order valence-corrected chi connectivity index (χ3v) is 9.13. The zero-order valence-corrected chi connectivity index (χ0v) is 33.5. The molecule has 0 fully saturated rings. The van der Waals surface area contributed by atoms with Gasteiger partial charge in [0.25, 0.3) is 0 Å². The molecule has 0 spiro atoms. The van der Waals surface area contributed by atoms with E-state index < -0.39 is 0 Å². The van der Waals surface area contributed by atoms with E-state index in [4.69, 9.17) is 19.4 Å². The highest BCUT2D eigenvalue weighted by Crippen LogP contribution is 2.34. The molecule has 54 heavy (non-hydrogen) atoms. The number of aromatic amines is 2. The van der Waals surface area contributed by atoms with Gasteiger partial charge in [0.05, 0.1) is 91.4 Å². The molecule has 2 N–H and O–H groups in total. The number of nitrogens with zero attached hydrogens (tertiary/aromatic N) is 4. The van der Waals surface area contributed by atoms with E-state index in [0.29, 0.717) is 13.2 Å². The zero-order chi connectivity index (χ0) is 36.3. The van der Waals surface area contributed by atoms with Crippen LogP contribution < -0.4 is 34.3 Å². The summed E-state index contributed by atoms with van der Waals surface area (Å²) in [5, 5.41) is 0. The van der Waals surface area contributed by atoms with Crippen molar-refractivity contribution in [1.29, 1.82) is 0 Å². The summed E-state index contributed by atoms with van der Waals surface area (Å²) in [6.45, 7) is 3.45. The van der Waals surface area contributed by atoms with Gasteiger partial charge >= 0.3 is 0 Å². The van der Waals surface area contributed by atoms with Crippen LogP contribution in [0.5, 0.6) is 11.5 Å². The van der Waals surface area contributed by atoms with Crippen molar-refractivity contribution in [3.63, 3.8) is 0 Å². The van der Waals surface area contributed by atoms with Crippen LogP contribution in [0.1, 0.15) is 35.6 Å². The Labute approximate surface area is 331 Å². The van der Waals surface area contributed by atoms with Gasteiger partial charge in [0.2, 0.25) is 0 Å². The number of fused-ring (bicyclic) bond motifs is 8. The Hall–Kier alpha value is -4.86. The van der Waals surface area contributed by atoms with Crippen molar-refractivity contribution in [2.24, 2.45) is 0 Å². The van der Waals surface area contributed by atoms with E-state index in [2.05, 4.69) is 149 Å². The van der Waals surface area contributed by atoms with Gasteiger partial charge in [0.15, 0.2) is 0 Å². The largest absolute Gasteiger partial charge is 1.00 e. The second-order valence-electron chi connectivity index (χ2n) is 15.7. The summed E-state index contributed by atoms with van der Waals surface area (Å²) in [6.07, 6.45) is 10.3. The van der Waals surface area contributed by atoms with E-state index in [1.807, 2.05) is 12.1 Å². The lowest BCUT2D eigenvalue weighted by molar-refractivity contribution is -0.870. The smallest absolute Gasteiger partial charge is 0.119 e. The molecule has 0 amide bonds. The molecule has 7 rings (SSSR count). The molecule has 0 aliphatic carbocycles. The van der Waals surface area contributed by atoms with Gasteiger partial charge in [-0.25, -0.2) is 9.97 Å². The Bertz CT molecular complexity index is 2150. The molecule has 282 valence electrons. The van der Waals surface area contributed by atoms with Crippen molar-refractivity contribution in [3.05, 3.63) is 108 Å². The summed E-state index contributed by atoms with van der Waals surface area (Å²) >= 11 is 0. The number of hydrogen-bond acceptors (Lipinski definition) is 4. The fraction of sp³-hybridized carbons (Fsp3) is 0.273. The first-order valence-corrected chi connectivity index (χ1v) is 18.1. The molecule has 10 heteroatoms. The van der Waals surface area contributed by atoms with E-state index >= 15 is 0 Å². The van der Waals surface area contributed by atoms with Gasteiger partial charge in [-0.2, -0.15) is 0 Å². The molecule has 5 heterocycles. The van der Waals surface area contributed by atoms with Crippen LogP contribution in [-0.2, 0) is 0 Å². The van der Waals surface area contributed by atoms with E-state index in [1.165, 1.54) is 0 Å². The molecule has 8 bridgehead atoms. The molecule has 8 nitrogen and oxygen atoms in total. The second kappa shape index (κ2) is 17.1. The third-order valence-electron chi connectivity index (χ3n) is 9.13. The highest BCUT2D eigenvalue weighted by molar-refractivity contribution is 5.93. The van der Waals surface area contributed by atoms with Gasteiger partial charge in [0.1, 0.15) is 11.5 Å². The molecular formula is C44H50Cl2N6O2. The minimum Gasteiger partial charge on any atom is -1.00 e. The molecule has 0 saturated heterocycles. The summed E-state index contributed by atoms with van der Waals surface area (Å²) in [7, 11) is 13.2. The fourth-order valence-corrected chi connectivity index (χ4v) is 6.62. The van der Waals surface area contributed by atoms with Crippen molar-refractivity contribution in [1.82, 2.24) is 19.9 Å². The highest BCUT2D eigenvalue weighted by atomic mass is 35.5. The Balaban J connectivity index is 0.00000280. The number of halogens is 2. The van der Waals surface area contributed by atoms with Crippen molar-refractivity contribution in [2.75, 3.05) is 68.6 Å². The average molecular weight is 766 g/mol. The van der Waals surface area contributed by atoms with Crippen molar-refractivity contribution < 1.29 is 43.3 Å². The van der Waals surface area contributed by atoms with Crippen LogP contribution in [0.4, 0.5) is 0 Å². The number of nitrogens with one attached hydrogen (secondary N) is 2. The lowest BCUT2D eigenvalue weighted by Crippen LogP contribution is -3.00. The molecular weight excluding hydrogens is 715 g/mol. The molecule has 2 aliphatic rings.